The fraction of sp³-hybridized carbons (Fsp3) is 0.296. The van der Waals surface area contributed by atoms with Crippen LogP contribution in [0.1, 0.15) is 45.7 Å². The third-order valence-corrected chi connectivity index (χ3v) is 6.87. The molecule has 1 saturated heterocycles. The molecule has 0 bridgehead atoms. The number of rotatable bonds is 6. The van der Waals surface area contributed by atoms with E-state index in [0.717, 1.165) is 11.6 Å². The number of ether oxygens (including phenoxy) is 2. The van der Waals surface area contributed by atoms with Crippen molar-refractivity contribution in [3.63, 3.8) is 0 Å². The molecule has 40 heavy (non-hydrogen) atoms. The van der Waals surface area contributed by atoms with Crippen molar-refractivity contribution in [1.82, 2.24) is 20.2 Å². The largest absolute Gasteiger partial charge is 0.495 e. The van der Waals surface area contributed by atoms with E-state index in [2.05, 4.69) is 25.6 Å². The summed E-state index contributed by atoms with van der Waals surface area (Å²) >= 11 is 6.26. The van der Waals surface area contributed by atoms with Gasteiger partial charge >= 0.3 is 0 Å². The van der Waals surface area contributed by atoms with Crippen molar-refractivity contribution in [1.29, 1.82) is 0 Å². The number of hydrogen-bond donors (Lipinski definition) is 2. The van der Waals surface area contributed by atoms with Crippen LogP contribution in [0.25, 0.3) is 0 Å². The first-order valence-corrected chi connectivity index (χ1v) is 12.8. The lowest BCUT2D eigenvalue weighted by molar-refractivity contribution is 0.0955. The summed E-state index contributed by atoms with van der Waals surface area (Å²) in [5, 5.41) is 5.73. The van der Waals surface area contributed by atoms with Crippen LogP contribution in [0.2, 0.25) is 5.02 Å². The van der Waals surface area contributed by atoms with E-state index in [1.165, 1.54) is 19.4 Å². The van der Waals surface area contributed by atoms with E-state index in [1.807, 2.05) is 13.0 Å². The number of nitrogens with one attached hydrogen (secondary N) is 2. The van der Waals surface area contributed by atoms with Crippen LogP contribution in [0.5, 0.6) is 17.4 Å². The number of aliphatic imine (C=N–C) groups is 1. The number of methoxy groups -OCH3 is 1. The molecule has 3 heterocycles. The quantitative estimate of drug-likeness (QED) is 0.431. The molecule has 2 N–H and O–H groups in total. The maximum absolute atomic E-state index is 15.0. The van der Waals surface area contributed by atoms with Crippen molar-refractivity contribution < 1.29 is 27.8 Å². The van der Waals surface area contributed by atoms with Crippen LogP contribution in [0, 0.1) is 5.82 Å². The molecule has 208 valence electrons. The first-order valence-electron chi connectivity index (χ1n) is 12.4. The predicted octanol–water partition coefficient (Wildman–Crippen LogP) is 4.87. The fourth-order valence-corrected chi connectivity index (χ4v) is 4.65. The van der Waals surface area contributed by atoms with Crippen LogP contribution in [0.3, 0.4) is 0 Å². The van der Waals surface area contributed by atoms with Crippen molar-refractivity contribution in [3.05, 3.63) is 64.1 Å². The third kappa shape index (κ3) is 5.45. The Labute approximate surface area is 233 Å². The van der Waals surface area contributed by atoms with E-state index in [4.69, 9.17) is 21.1 Å². The molecule has 2 amide bonds. The van der Waals surface area contributed by atoms with Gasteiger partial charge in [-0.15, -0.1) is 0 Å². The molecule has 1 aromatic heterocycles. The minimum atomic E-state index is -1.40. The van der Waals surface area contributed by atoms with Crippen LogP contribution in [-0.2, 0) is 0 Å². The van der Waals surface area contributed by atoms with E-state index >= 15 is 4.39 Å². The molecule has 2 aliphatic rings. The Kier molecular flexibility index (Phi) is 7.63. The maximum atomic E-state index is 15.0. The van der Waals surface area contributed by atoms with Crippen molar-refractivity contribution in [2.24, 2.45) is 4.99 Å². The number of hydrogen-bond acceptors (Lipinski definition) is 8. The molecule has 0 spiro atoms. The Morgan fingerprint density at radius 1 is 1.30 bits per heavy atom. The Morgan fingerprint density at radius 2 is 2.10 bits per heavy atom. The molecular formula is C27H25ClF2N6O4. The second kappa shape index (κ2) is 11.1. The molecule has 2 aliphatic heterocycles. The van der Waals surface area contributed by atoms with Gasteiger partial charge in [-0.25, -0.2) is 18.8 Å². The van der Waals surface area contributed by atoms with Gasteiger partial charge in [0.25, 0.3) is 11.8 Å². The minimum Gasteiger partial charge on any atom is -0.495 e. The SMILES string of the molecule is COc1cc(C(=O)/N=C2\CCN(C)C[C@H]2F)c(F)cc1Nc1ncc(Cl)c(Oc2cccc3c2C(=O)N[C@@H]3C)n1. The van der Waals surface area contributed by atoms with Crippen LogP contribution in [0.15, 0.2) is 41.5 Å². The number of carbonyl (C=O) groups is 2. The minimum absolute atomic E-state index is 0.0200. The monoisotopic (exact) mass is 570 g/mol. The summed E-state index contributed by atoms with van der Waals surface area (Å²) in [6.45, 7) is 2.53. The Hall–Kier alpha value is -4.16. The lowest BCUT2D eigenvalue weighted by atomic mass is 10.1. The summed E-state index contributed by atoms with van der Waals surface area (Å²) in [4.78, 5) is 39.1. The molecule has 0 unspecified atom stereocenters. The zero-order chi connectivity index (χ0) is 28.6. The zero-order valence-corrected chi connectivity index (χ0v) is 22.6. The smallest absolute Gasteiger partial charge is 0.280 e. The molecule has 2 atom stereocenters. The highest BCUT2D eigenvalue weighted by atomic mass is 35.5. The first kappa shape index (κ1) is 27.4. The van der Waals surface area contributed by atoms with Crippen molar-refractivity contribution in [3.8, 4) is 17.4 Å². The summed E-state index contributed by atoms with van der Waals surface area (Å²) in [5.41, 5.74) is 0.984. The van der Waals surface area contributed by atoms with Crippen LogP contribution in [-0.4, -0.2) is 65.8 Å². The fourth-order valence-electron chi connectivity index (χ4n) is 4.52. The molecule has 10 nitrogen and oxygen atoms in total. The third-order valence-electron chi connectivity index (χ3n) is 6.61. The standard InChI is InChI=1S/C27H25ClF2N6O4/c1-13-14-5-4-6-21(23(14)25(38)32-13)40-26-16(28)11-31-27(35-26)34-20-10-17(29)15(9-22(20)39-3)24(37)33-19-7-8-36(2)12-18(19)30/h4-6,9-11,13,18H,7-8,12H2,1-3H3,(H,32,38)(H,31,34,35)/b33-19+/t13-,18-/m1/s1. The number of anilines is 2. The number of amides is 2. The molecule has 5 rings (SSSR count). The average molecular weight is 571 g/mol. The van der Waals surface area contributed by atoms with E-state index < -0.39 is 17.9 Å². The number of piperidine rings is 1. The molecule has 0 saturated carbocycles. The summed E-state index contributed by atoms with van der Waals surface area (Å²) in [6.07, 6.45) is 0.154. The molecule has 13 heteroatoms. The van der Waals surface area contributed by atoms with E-state index in [0.29, 0.717) is 12.1 Å². The van der Waals surface area contributed by atoms with E-state index in [9.17, 15) is 14.0 Å². The Bertz CT molecular complexity index is 1540. The number of nitrogens with zero attached hydrogens (tertiary/aromatic N) is 4. The van der Waals surface area contributed by atoms with Gasteiger partial charge in [0.05, 0.1) is 41.9 Å². The van der Waals surface area contributed by atoms with Gasteiger partial charge in [-0.2, -0.15) is 4.98 Å². The molecule has 1 fully saturated rings. The number of benzene rings is 2. The van der Waals surface area contributed by atoms with Gasteiger partial charge in [0.2, 0.25) is 11.8 Å². The second-order valence-electron chi connectivity index (χ2n) is 9.41. The highest BCUT2D eigenvalue weighted by Crippen LogP contribution is 2.37. The summed E-state index contributed by atoms with van der Waals surface area (Å²) in [6, 6.07) is 7.23. The van der Waals surface area contributed by atoms with Crippen LogP contribution in [0.4, 0.5) is 20.4 Å². The van der Waals surface area contributed by atoms with Gasteiger partial charge in [-0.3, -0.25) is 9.59 Å². The van der Waals surface area contributed by atoms with Gasteiger partial charge in [-0.05, 0) is 31.7 Å². The van der Waals surface area contributed by atoms with Crippen molar-refractivity contribution >= 4 is 40.8 Å². The number of fused-ring (bicyclic) bond motifs is 1. The normalized spacial score (nSPS) is 19.8. The maximum Gasteiger partial charge on any atom is 0.280 e. The topological polar surface area (TPSA) is 118 Å². The van der Waals surface area contributed by atoms with Gasteiger partial charge < -0.3 is 25.0 Å². The molecular weight excluding hydrogens is 546 g/mol. The Morgan fingerprint density at radius 3 is 2.85 bits per heavy atom. The summed E-state index contributed by atoms with van der Waals surface area (Å²) < 4.78 is 40.6. The molecule has 3 aromatic rings. The van der Waals surface area contributed by atoms with Gasteiger partial charge in [0.15, 0.2) is 6.17 Å². The summed E-state index contributed by atoms with van der Waals surface area (Å²) in [7, 11) is 3.11. The second-order valence-corrected chi connectivity index (χ2v) is 9.82. The number of likely N-dealkylation sites (tertiary alicyclic amines) is 1. The number of halogens is 3. The lowest BCUT2D eigenvalue weighted by Crippen LogP contribution is -2.40. The number of carbonyl (C=O) groups excluding carboxylic acids is 2. The highest BCUT2D eigenvalue weighted by Gasteiger charge is 2.30. The number of alkyl halides is 1. The van der Waals surface area contributed by atoms with Crippen molar-refractivity contribution in [2.75, 3.05) is 32.6 Å². The zero-order valence-electron chi connectivity index (χ0n) is 21.8. The molecule has 0 radical (unpaired) electrons. The Balaban J connectivity index is 1.39. The van der Waals surface area contributed by atoms with Gasteiger partial charge in [0.1, 0.15) is 22.3 Å². The molecule has 0 aliphatic carbocycles. The van der Waals surface area contributed by atoms with Gasteiger partial charge in [0, 0.05) is 25.6 Å². The highest BCUT2D eigenvalue weighted by molar-refractivity contribution is 6.31. The average Bonchev–Trinajstić information content (AvgIpc) is 3.21. The van der Waals surface area contributed by atoms with E-state index in [-0.39, 0.29) is 70.2 Å². The van der Waals surface area contributed by atoms with E-state index in [1.54, 1.807) is 24.1 Å². The number of aromatic nitrogens is 2. The summed E-state index contributed by atoms with van der Waals surface area (Å²) in [5.74, 6) is -1.78. The van der Waals surface area contributed by atoms with Crippen LogP contribution >= 0.6 is 11.6 Å². The van der Waals surface area contributed by atoms with Crippen molar-refractivity contribution in [2.45, 2.75) is 25.6 Å². The van der Waals surface area contributed by atoms with Gasteiger partial charge in [-0.1, -0.05) is 23.7 Å². The predicted molar refractivity (Wildman–Crippen MR) is 144 cm³/mol. The first-order chi connectivity index (χ1) is 19.1. The lowest BCUT2D eigenvalue weighted by Gasteiger charge is -2.26. The van der Waals surface area contributed by atoms with Crippen LogP contribution < -0.4 is 20.1 Å². The molecule has 2 aromatic carbocycles.